The maximum atomic E-state index is 13.2. The number of hydrogen-bond acceptors (Lipinski definition) is 16. The van der Waals surface area contributed by atoms with E-state index in [1.54, 1.807) is 99.2 Å². The Bertz CT molecular complexity index is 7210. The standard InChI is InChI=1S/C24H25ClN4O2S.2C24H26N4O2S.C23H24N4O2S/c1-15-12-13-26-23-19(25)10-11-20(22(15)23)29-21(14-16(2)27-29)28-32(30,31)18-8-6-17(7-9-18)24(3,4)5;1-16-13-20-21(25-15-16)7-6-8-22(20)28-23(14-17(2)26-28)27-31(29,30)19-11-9-18(10-12-19)24(3,4)5;1-16-14-19(24(3,4)5)11-12-21(16)31(29,30)27-23-15-17(2)26-28(23)22-13-10-18-8-6-7-9-20(18)25-22;1-16-14-22(26-30(28,29)20-10-7-18(8-11-20)23(2,3)4)27(25-16)19-9-12-21-17(15-19)6-5-13-24-21/h6-14,28H,1-5H3;2*6-15,27H,1-5H3;5-15,26H,1-4H3. The molecule has 0 saturated heterocycles. The molecule has 124 heavy (non-hydrogen) atoms. The lowest BCUT2D eigenvalue weighted by molar-refractivity contribution is 0.586. The molecular weight excluding hydrogens is 1660 g/mol. The molecule has 29 heteroatoms. The highest BCUT2D eigenvalue weighted by molar-refractivity contribution is 7.93. The molecule has 0 spiro atoms. The molecule has 24 nitrogen and oxygen atoms in total. The van der Waals surface area contributed by atoms with Gasteiger partial charge in [0.1, 0.15) is 23.3 Å². The smallest absolute Gasteiger partial charge is 0.263 e. The number of anilines is 4. The van der Waals surface area contributed by atoms with Crippen molar-refractivity contribution in [2.24, 2.45) is 0 Å². The van der Waals surface area contributed by atoms with E-state index in [1.165, 1.54) is 4.68 Å². The lowest BCUT2D eigenvalue weighted by Gasteiger charge is -2.20. The highest BCUT2D eigenvalue weighted by atomic mass is 35.5. The summed E-state index contributed by atoms with van der Waals surface area (Å²) in [5.74, 6) is 2.00. The molecule has 0 amide bonds. The molecule has 640 valence electrons. The SMILES string of the molecule is Cc1cc(NS(=O)(=O)c2ccc(C(C)(C)C)cc2)n(-c2ccc(Cl)c3nccc(C)c23)n1.Cc1cc(NS(=O)(=O)c2ccc(C(C)(C)C)cc2)n(-c2ccc3ncccc3c2)n1.Cc1cc(NS(=O)(=O)c2ccc(C(C)(C)C)cc2C)n(-c2ccc3ccccc3n2)n1.Cc1cnc2cccc(-n3nc(C)cc3NS(=O)(=O)c3ccc(C(C)(C)C)cc3)c2c1. The zero-order chi connectivity index (χ0) is 89.6. The van der Waals surface area contributed by atoms with E-state index >= 15 is 0 Å². The maximum absolute atomic E-state index is 13.2. The topological polar surface area (TPSA) is 308 Å². The van der Waals surface area contributed by atoms with Gasteiger partial charge in [-0.15, -0.1) is 0 Å². The number of aryl methyl sites for hydroxylation is 7. The molecule has 0 aliphatic carbocycles. The first kappa shape index (κ1) is 89.3. The maximum Gasteiger partial charge on any atom is 0.263 e. The number of sulfonamides is 4. The second-order valence-electron chi connectivity index (χ2n) is 34.8. The summed E-state index contributed by atoms with van der Waals surface area (Å²) in [5, 5.41) is 22.2. The van der Waals surface area contributed by atoms with Gasteiger partial charge in [-0.05, 0) is 230 Å². The van der Waals surface area contributed by atoms with E-state index in [0.717, 1.165) is 82.9 Å². The Morgan fingerprint density at radius 1 is 0.339 bits per heavy atom. The Morgan fingerprint density at radius 2 is 0.798 bits per heavy atom. The number of pyridine rings is 4. The summed E-state index contributed by atoms with van der Waals surface area (Å²) in [7, 11) is -15.2. The highest BCUT2D eigenvalue weighted by Crippen LogP contribution is 2.36. The van der Waals surface area contributed by atoms with E-state index in [9.17, 15) is 33.7 Å². The molecule has 0 bridgehead atoms. The van der Waals surface area contributed by atoms with Gasteiger partial charge in [-0.3, -0.25) is 33.8 Å². The molecule has 0 radical (unpaired) electrons. The first-order valence-electron chi connectivity index (χ1n) is 40.1. The van der Waals surface area contributed by atoms with E-state index in [1.807, 2.05) is 206 Å². The number of nitrogens with zero attached hydrogens (tertiary/aromatic N) is 12. The van der Waals surface area contributed by atoms with Crippen molar-refractivity contribution in [2.75, 3.05) is 18.9 Å². The van der Waals surface area contributed by atoms with Gasteiger partial charge >= 0.3 is 0 Å². The Kier molecular flexibility index (Phi) is 25.0. The number of para-hydroxylation sites is 1. The molecule has 0 saturated carbocycles. The van der Waals surface area contributed by atoms with Gasteiger partial charge in [-0.1, -0.05) is 174 Å². The molecule has 0 fully saturated rings. The summed E-state index contributed by atoms with van der Waals surface area (Å²) in [4.78, 5) is 18.7. The van der Waals surface area contributed by atoms with E-state index in [2.05, 4.69) is 142 Å². The monoisotopic (exact) mass is 1760 g/mol. The Balaban J connectivity index is 0.000000142. The number of fused-ring (bicyclic) bond motifs is 4. The predicted octanol–water partition coefficient (Wildman–Crippen LogP) is 20.9. The van der Waals surface area contributed by atoms with Gasteiger partial charge < -0.3 is 0 Å². The first-order chi connectivity index (χ1) is 58.2. The van der Waals surface area contributed by atoms with E-state index in [0.29, 0.717) is 73.7 Å². The minimum absolute atomic E-state index is 0.0452. The molecule has 8 aromatic heterocycles. The van der Waals surface area contributed by atoms with Crippen molar-refractivity contribution in [3.63, 3.8) is 0 Å². The number of rotatable bonds is 16. The molecule has 16 rings (SSSR count). The zero-order valence-corrected chi connectivity index (χ0v) is 76.8. The average Bonchev–Trinajstić information content (AvgIpc) is 1.43. The number of aromatic nitrogens is 12. The van der Waals surface area contributed by atoms with Gasteiger partial charge in [0.2, 0.25) is 0 Å². The second kappa shape index (κ2) is 34.7. The van der Waals surface area contributed by atoms with E-state index < -0.39 is 40.1 Å². The Labute approximate surface area is 730 Å². The largest absolute Gasteiger partial charge is 0.263 e. The van der Waals surface area contributed by atoms with Crippen LogP contribution in [0.5, 0.6) is 0 Å². The quantitative estimate of drug-likeness (QED) is 0.0698. The van der Waals surface area contributed by atoms with Crippen molar-refractivity contribution >= 4 is 119 Å². The molecule has 0 unspecified atom stereocenters. The van der Waals surface area contributed by atoms with Crippen LogP contribution >= 0.6 is 11.6 Å². The van der Waals surface area contributed by atoms with Crippen LogP contribution in [0, 0.1) is 48.5 Å². The van der Waals surface area contributed by atoms with Gasteiger partial charge in [-0.25, -0.2) is 52.7 Å². The minimum Gasteiger partial charge on any atom is -0.263 e. The third-order valence-electron chi connectivity index (χ3n) is 20.7. The fourth-order valence-corrected chi connectivity index (χ4v) is 18.5. The fraction of sp³-hybridized carbons (Fsp3) is 0.242. The van der Waals surface area contributed by atoms with Crippen LogP contribution in [0.2, 0.25) is 5.02 Å². The number of nitrogens with one attached hydrogen (secondary N) is 4. The molecule has 0 aliphatic heterocycles. The first-order valence-corrected chi connectivity index (χ1v) is 46.4. The van der Waals surface area contributed by atoms with Crippen LogP contribution in [0.1, 0.15) is 145 Å². The summed E-state index contributed by atoms with van der Waals surface area (Å²) in [6.07, 6.45) is 5.25. The van der Waals surface area contributed by atoms with Crippen molar-refractivity contribution in [1.29, 1.82) is 0 Å². The number of halogens is 1. The van der Waals surface area contributed by atoms with E-state index in [4.69, 9.17) is 11.6 Å². The molecule has 4 N–H and O–H groups in total. The lowest BCUT2D eigenvalue weighted by atomic mass is 9.86. The third-order valence-corrected chi connectivity index (χ3v) is 26.6. The highest BCUT2D eigenvalue weighted by Gasteiger charge is 2.28. The summed E-state index contributed by atoms with van der Waals surface area (Å²) in [5.41, 5.74) is 14.9. The fourth-order valence-electron chi connectivity index (χ4n) is 14.0. The molecule has 8 aromatic carbocycles. The normalized spacial score (nSPS) is 12.3. The van der Waals surface area contributed by atoms with E-state index in [-0.39, 0.29) is 41.2 Å². The predicted molar refractivity (Wildman–Crippen MR) is 497 cm³/mol. The number of benzene rings is 8. The number of hydrogen-bond donors (Lipinski definition) is 4. The average molecular weight is 1760 g/mol. The van der Waals surface area contributed by atoms with Crippen LogP contribution in [0.3, 0.4) is 0 Å². The van der Waals surface area contributed by atoms with Crippen LogP contribution in [-0.2, 0) is 61.8 Å². The van der Waals surface area contributed by atoms with Gasteiger partial charge in [0, 0.05) is 64.4 Å². The minimum atomic E-state index is -3.82. The summed E-state index contributed by atoms with van der Waals surface area (Å²) in [6.45, 7) is 38.2. The molecular formula is C95H101ClN16O8S4. The van der Waals surface area contributed by atoms with Gasteiger partial charge in [0.25, 0.3) is 40.1 Å². The van der Waals surface area contributed by atoms with Crippen LogP contribution in [0.15, 0.2) is 263 Å². The molecule has 16 aromatic rings. The second-order valence-corrected chi connectivity index (χ2v) is 41.9. The summed E-state index contributed by atoms with van der Waals surface area (Å²) >= 11 is 6.36. The third kappa shape index (κ3) is 20.2. The Hall–Kier alpha value is -12.5. The van der Waals surface area contributed by atoms with Crippen molar-refractivity contribution in [3.8, 4) is 22.9 Å². The molecule has 0 atom stereocenters. The summed E-state index contributed by atoms with van der Waals surface area (Å²) in [6, 6.07) is 67.5. The van der Waals surface area contributed by atoms with Gasteiger partial charge in [0.05, 0.1) is 86.5 Å². The zero-order valence-electron chi connectivity index (χ0n) is 72.7. The Morgan fingerprint density at radius 3 is 1.32 bits per heavy atom. The molecule has 8 heterocycles. The summed E-state index contributed by atoms with van der Waals surface area (Å²) < 4.78 is 122. The van der Waals surface area contributed by atoms with Crippen molar-refractivity contribution in [2.45, 2.75) is 173 Å². The lowest BCUT2D eigenvalue weighted by Crippen LogP contribution is -2.18. The molecule has 0 aliphatic rings. The van der Waals surface area contributed by atoms with Crippen molar-refractivity contribution < 1.29 is 33.7 Å². The van der Waals surface area contributed by atoms with Crippen LogP contribution < -0.4 is 18.9 Å². The van der Waals surface area contributed by atoms with Crippen LogP contribution in [0.25, 0.3) is 66.5 Å². The van der Waals surface area contributed by atoms with Crippen LogP contribution in [-0.4, -0.2) is 92.7 Å². The van der Waals surface area contributed by atoms with Crippen molar-refractivity contribution in [1.82, 2.24) is 59.1 Å². The van der Waals surface area contributed by atoms with Crippen LogP contribution in [0.4, 0.5) is 23.3 Å². The van der Waals surface area contributed by atoms with Gasteiger partial charge in [0.15, 0.2) is 5.82 Å². The van der Waals surface area contributed by atoms with Gasteiger partial charge in [-0.2, -0.15) is 25.1 Å². The van der Waals surface area contributed by atoms with Crippen molar-refractivity contribution in [3.05, 3.63) is 310 Å².